The quantitative estimate of drug-likeness (QED) is 0.778. The summed E-state index contributed by atoms with van der Waals surface area (Å²) in [6, 6.07) is 0. The van der Waals surface area contributed by atoms with Crippen molar-refractivity contribution in [1.29, 1.82) is 0 Å². The minimum absolute atomic E-state index is 0.225. The van der Waals surface area contributed by atoms with Gasteiger partial charge in [-0.2, -0.15) is 11.8 Å². The van der Waals surface area contributed by atoms with Gasteiger partial charge >= 0.3 is 0 Å². The van der Waals surface area contributed by atoms with E-state index >= 15 is 0 Å². The Morgan fingerprint density at radius 3 is 2.94 bits per heavy atom. The van der Waals surface area contributed by atoms with Gasteiger partial charge < -0.3 is 15.0 Å². The summed E-state index contributed by atoms with van der Waals surface area (Å²) in [6.07, 6.45) is 5.11. The minimum Gasteiger partial charge on any atom is -0.387 e. The molecule has 1 rings (SSSR count). The van der Waals surface area contributed by atoms with Crippen LogP contribution in [0.3, 0.4) is 0 Å². The molecule has 0 saturated heterocycles. The van der Waals surface area contributed by atoms with Gasteiger partial charge in [0.25, 0.3) is 5.91 Å². The lowest BCUT2D eigenvalue weighted by molar-refractivity contribution is 0.0722. The molecule has 6 heteroatoms. The molecular formula is C10H17N3O2S. The van der Waals surface area contributed by atoms with E-state index in [0.29, 0.717) is 11.4 Å². The topological polar surface area (TPSA) is 67.2 Å². The summed E-state index contributed by atoms with van der Waals surface area (Å²) in [5.74, 6) is 0.317. The first-order chi connectivity index (χ1) is 7.44. The van der Waals surface area contributed by atoms with Crippen molar-refractivity contribution in [3.63, 3.8) is 0 Å². The lowest BCUT2D eigenvalue weighted by Gasteiger charge is -2.22. The molecule has 1 heterocycles. The highest BCUT2D eigenvalue weighted by Crippen LogP contribution is 2.09. The molecule has 5 nitrogen and oxygen atoms in total. The number of carbonyl (C=O) groups is 1. The molecule has 0 aliphatic heterocycles. The molecule has 0 fully saturated rings. The Labute approximate surface area is 99.3 Å². The first kappa shape index (κ1) is 13.1. The minimum atomic E-state index is -0.885. The fourth-order valence-electron chi connectivity index (χ4n) is 1.25. The zero-order valence-corrected chi connectivity index (χ0v) is 10.5. The smallest absolute Gasteiger partial charge is 0.271 e. The van der Waals surface area contributed by atoms with Crippen LogP contribution in [0, 0.1) is 0 Å². The Balaban J connectivity index is 2.47. The highest BCUT2D eigenvalue weighted by atomic mass is 32.2. The molecule has 0 bridgehead atoms. The molecule has 0 aromatic carbocycles. The molecule has 0 spiro atoms. The SMILES string of the molecule is CSCC(C)(O)CNC(=O)c1cn(C)cn1. The monoisotopic (exact) mass is 243 g/mol. The third-order valence-corrected chi connectivity index (χ3v) is 2.93. The fourth-order valence-corrected chi connectivity index (χ4v) is 1.98. The first-order valence-electron chi connectivity index (χ1n) is 4.92. The van der Waals surface area contributed by atoms with E-state index in [1.165, 1.54) is 11.8 Å². The number of amides is 1. The van der Waals surface area contributed by atoms with Crippen LogP contribution in [0.1, 0.15) is 17.4 Å². The maximum Gasteiger partial charge on any atom is 0.271 e. The highest BCUT2D eigenvalue weighted by Gasteiger charge is 2.21. The number of thioether (sulfide) groups is 1. The van der Waals surface area contributed by atoms with Crippen molar-refractivity contribution in [2.75, 3.05) is 18.6 Å². The lowest BCUT2D eigenvalue weighted by atomic mass is 10.1. The van der Waals surface area contributed by atoms with Crippen molar-refractivity contribution >= 4 is 17.7 Å². The van der Waals surface area contributed by atoms with Gasteiger partial charge in [0.15, 0.2) is 0 Å². The average Bonchev–Trinajstić information content (AvgIpc) is 2.61. The molecule has 2 N–H and O–H groups in total. The van der Waals surface area contributed by atoms with E-state index < -0.39 is 5.60 Å². The van der Waals surface area contributed by atoms with Crippen molar-refractivity contribution in [2.45, 2.75) is 12.5 Å². The first-order valence-corrected chi connectivity index (χ1v) is 6.31. The Kier molecular flexibility index (Phi) is 4.37. The van der Waals surface area contributed by atoms with E-state index in [9.17, 15) is 9.90 Å². The maximum absolute atomic E-state index is 11.6. The number of rotatable bonds is 5. The number of aryl methyl sites for hydroxylation is 1. The second-order valence-corrected chi connectivity index (χ2v) is 4.90. The van der Waals surface area contributed by atoms with Crippen molar-refractivity contribution < 1.29 is 9.90 Å². The molecule has 1 aromatic heterocycles. The second-order valence-electron chi connectivity index (χ2n) is 4.04. The molecular weight excluding hydrogens is 226 g/mol. The third-order valence-electron chi connectivity index (χ3n) is 2.02. The van der Waals surface area contributed by atoms with Gasteiger partial charge in [-0.1, -0.05) is 0 Å². The maximum atomic E-state index is 11.6. The van der Waals surface area contributed by atoms with Crippen molar-refractivity contribution in [3.8, 4) is 0 Å². The van der Waals surface area contributed by atoms with Gasteiger partial charge in [-0.25, -0.2) is 4.98 Å². The summed E-state index contributed by atoms with van der Waals surface area (Å²) in [7, 11) is 1.80. The number of hydrogen-bond acceptors (Lipinski definition) is 4. The van der Waals surface area contributed by atoms with Crippen LogP contribution in [0.15, 0.2) is 12.5 Å². The molecule has 0 aliphatic carbocycles. The zero-order chi connectivity index (χ0) is 12.2. The molecule has 90 valence electrons. The van der Waals surface area contributed by atoms with Crippen molar-refractivity contribution in [2.24, 2.45) is 7.05 Å². The van der Waals surface area contributed by atoms with Crippen LogP contribution in [-0.2, 0) is 7.05 Å². The van der Waals surface area contributed by atoms with E-state index in [1.807, 2.05) is 6.26 Å². The molecule has 1 aromatic rings. The second kappa shape index (κ2) is 5.36. The number of carbonyl (C=O) groups excluding carboxylic acids is 1. The molecule has 0 aliphatic rings. The van der Waals surface area contributed by atoms with E-state index in [0.717, 1.165) is 0 Å². The molecule has 1 unspecified atom stereocenters. The summed E-state index contributed by atoms with van der Waals surface area (Å²) in [5.41, 5.74) is -0.522. The van der Waals surface area contributed by atoms with Gasteiger partial charge in [0.05, 0.1) is 11.9 Å². The summed E-state index contributed by atoms with van der Waals surface area (Å²) in [6.45, 7) is 1.92. The van der Waals surface area contributed by atoms with Crippen molar-refractivity contribution in [1.82, 2.24) is 14.9 Å². The standard InChI is InChI=1S/C10H17N3O2S/c1-10(15,6-16-3)5-11-9(14)8-4-13(2)7-12-8/h4,7,15H,5-6H2,1-3H3,(H,11,14). The zero-order valence-electron chi connectivity index (χ0n) is 9.73. The van der Waals surface area contributed by atoms with E-state index in [2.05, 4.69) is 10.3 Å². The summed E-state index contributed by atoms with van der Waals surface area (Å²) in [4.78, 5) is 15.5. The van der Waals surface area contributed by atoms with Gasteiger partial charge in [-0.3, -0.25) is 4.79 Å². The van der Waals surface area contributed by atoms with Crippen LogP contribution in [0.4, 0.5) is 0 Å². The number of aliphatic hydroxyl groups is 1. The lowest BCUT2D eigenvalue weighted by Crippen LogP contribution is -2.42. The predicted octanol–water partition coefficient (Wildman–Crippen LogP) is 0.264. The number of aromatic nitrogens is 2. The number of nitrogens with zero attached hydrogens (tertiary/aromatic N) is 2. The van der Waals surface area contributed by atoms with Crippen LogP contribution < -0.4 is 5.32 Å². The van der Waals surface area contributed by atoms with Crippen LogP contribution in [-0.4, -0.2) is 44.7 Å². The third kappa shape index (κ3) is 3.86. The predicted molar refractivity (Wildman–Crippen MR) is 64.5 cm³/mol. The number of hydrogen-bond donors (Lipinski definition) is 2. The summed E-state index contributed by atoms with van der Waals surface area (Å²) >= 11 is 1.54. The van der Waals surface area contributed by atoms with Gasteiger partial charge in [-0.15, -0.1) is 0 Å². The average molecular weight is 243 g/mol. The number of imidazole rings is 1. The van der Waals surface area contributed by atoms with Crippen molar-refractivity contribution in [3.05, 3.63) is 18.2 Å². The summed E-state index contributed by atoms with van der Waals surface area (Å²) in [5, 5.41) is 12.5. The van der Waals surface area contributed by atoms with Gasteiger partial charge in [0, 0.05) is 25.5 Å². The van der Waals surface area contributed by atoms with E-state index in [1.54, 1.807) is 31.1 Å². The van der Waals surface area contributed by atoms with Crippen LogP contribution >= 0.6 is 11.8 Å². The van der Waals surface area contributed by atoms with E-state index in [-0.39, 0.29) is 12.5 Å². The number of nitrogens with one attached hydrogen (secondary N) is 1. The molecule has 0 saturated carbocycles. The van der Waals surface area contributed by atoms with E-state index in [4.69, 9.17) is 0 Å². The summed E-state index contributed by atoms with van der Waals surface area (Å²) < 4.78 is 1.70. The molecule has 1 amide bonds. The molecule has 1 atom stereocenters. The van der Waals surface area contributed by atoms with Crippen LogP contribution in [0.2, 0.25) is 0 Å². The Bertz CT molecular complexity index is 363. The molecule has 0 radical (unpaired) electrons. The largest absolute Gasteiger partial charge is 0.387 e. The van der Waals surface area contributed by atoms with Crippen LogP contribution in [0.25, 0.3) is 0 Å². The Morgan fingerprint density at radius 2 is 2.44 bits per heavy atom. The highest BCUT2D eigenvalue weighted by molar-refractivity contribution is 7.98. The fraction of sp³-hybridized carbons (Fsp3) is 0.600. The van der Waals surface area contributed by atoms with Gasteiger partial charge in [0.2, 0.25) is 0 Å². The van der Waals surface area contributed by atoms with Crippen LogP contribution in [0.5, 0.6) is 0 Å². The van der Waals surface area contributed by atoms with Gasteiger partial charge in [-0.05, 0) is 13.2 Å². The Hall–Kier alpha value is -1.01. The van der Waals surface area contributed by atoms with Gasteiger partial charge in [0.1, 0.15) is 5.69 Å². The Morgan fingerprint density at radius 1 is 1.75 bits per heavy atom. The normalized spacial score (nSPS) is 14.5. The molecule has 16 heavy (non-hydrogen) atoms.